The van der Waals surface area contributed by atoms with Gasteiger partial charge in [0.1, 0.15) is 10.7 Å². The maximum atomic E-state index is 11.0. The largest absolute Gasteiger partial charge is 0.375 e. The van der Waals surface area contributed by atoms with Crippen molar-refractivity contribution in [2.45, 2.75) is 13.5 Å². The second-order valence-corrected chi connectivity index (χ2v) is 4.46. The molecule has 2 rings (SSSR count). The van der Waals surface area contributed by atoms with Gasteiger partial charge in [0, 0.05) is 18.4 Å². The molecule has 0 aliphatic rings. The fourth-order valence-corrected chi connectivity index (χ4v) is 1.89. The third kappa shape index (κ3) is 3.20. The number of benzene rings is 1. The Balaban J connectivity index is 2.18. The lowest BCUT2D eigenvalue weighted by Gasteiger charge is -2.08. The topological polar surface area (TPSA) is 68.1 Å². The lowest BCUT2D eigenvalue weighted by atomic mass is 10.2. The Hall–Kier alpha value is -2.14. The van der Waals surface area contributed by atoms with Crippen molar-refractivity contribution in [3.63, 3.8) is 0 Å². The van der Waals surface area contributed by atoms with Gasteiger partial charge in [-0.05, 0) is 30.7 Å². The number of nitrogens with one attached hydrogen (secondary N) is 1. The van der Waals surface area contributed by atoms with E-state index in [1.807, 2.05) is 19.1 Å². The van der Waals surface area contributed by atoms with Gasteiger partial charge in [-0.2, -0.15) is 0 Å². The van der Waals surface area contributed by atoms with Crippen LogP contribution >= 0.6 is 11.6 Å². The van der Waals surface area contributed by atoms with E-state index >= 15 is 0 Å². The van der Waals surface area contributed by atoms with Crippen LogP contribution in [0.2, 0.25) is 5.02 Å². The molecular weight excluding hydrogens is 266 g/mol. The Morgan fingerprint density at radius 3 is 2.79 bits per heavy atom. The molecule has 0 radical (unpaired) electrons. The molecule has 1 aromatic heterocycles. The smallest absolute Gasteiger partial charge is 0.310 e. The van der Waals surface area contributed by atoms with Crippen molar-refractivity contribution in [1.29, 1.82) is 0 Å². The van der Waals surface area contributed by atoms with Crippen LogP contribution in [-0.2, 0) is 6.54 Å². The number of hydrogen-bond acceptors (Lipinski definition) is 4. The molecule has 0 aliphatic heterocycles. The number of rotatable bonds is 4. The monoisotopic (exact) mass is 277 g/mol. The maximum absolute atomic E-state index is 11.0. The molecule has 1 N–H and O–H groups in total. The average molecular weight is 278 g/mol. The Kier molecular flexibility index (Phi) is 3.97. The molecule has 1 aromatic carbocycles. The third-order valence-electron chi connectivity index (χ3n) is 2.62. The zero-order chi connectivity index (χ0) is 13.8. The Morgan fingerprint density at radius 2 is 2.16 bits per heavy atom. The standard InChI is InChI=1S/C13H12ClN3O2/c1-9-5-6-10(7-15-9)8-16-12-4-2-3-11(14)13(12)17(18)19/h2-7,16H,8H2,1H3. The SMILES string of the molecule is Cc1ccc(CNc2cccc(Cl)c2[N+](=O)[O-])cn1. The minimum absolute atomic E-state index is 0.107. The number of pyridine rings is 1. The quantitative estimate of drug-likeness (QED) is 0.685. The van der Waals surface area contributed by atoms with Crippen LogP contribution in [0.5, 0.6) is 0 Å². The fraction of sp³-hybridized carbons (Fsp3) is 0.154. The molecule has 0 atom stereocenters. The van der Waals surface area contributed by atoms with E-state index in [1.54, 1.807) is 18.3 Å². The van der Waals surface area contributed by atoms with Gasteiger partial charge in [-0.15, -0.1) is 0 Å². The van der Waals surface area contributed by atoms with Crippen LogP contribution in [0.15, 0.2) is 36.5 Å². The molecule has 6 heteroatoms. The molecule has 0 bridgehead atoms. The number of nitrogens with zero attached hydrogens (tertiary/aromatic N) is 2. The summed E-state index contributed by atoms with van der Waals surface area (Å²) in [5.41, 5.74) is 2.17. The van der Waals surface area contributed by atoms with Gasteiger partial charge < -0.3 is 5.32 Å². The molecule has 1 heterocycles. The van der Waals surface area contributed by atoms with Gasteiger partial charge in [0.2, 0.25) is 0 Å². The molecule has 0 amide bonds. The van der Waals surface area contributed by atoms with Crippen molar-refractivity contribution in [2.24, 2.45) is 0 Å². The highest BCUT2D eigenvalue weighted by Gasteiger charge is 2.17. The van der Waals surface area contributed by atoms with Gasteiger partial charge >= 0.3 is 5.69 Å². The molecule has 0 aliphatic carbocycles. The average Bonchev–Trinajstić information content (AvgIpc) is 2.37. The second kappa shape index (κ2) is 5.67. The van der Waals surface area contributed by atoms with Gasteiger partial charge in [-0.3, -0.25) is 15.1 Å². The van der Waals surface area contributed by atoms with Crippen molar-refractivity contribution in [2.75, 3.05) is 5.32 Å². The zero-order valence-electron chi connectivity index (χ0n) is 10.3. The predicted molar refractivity (Wildman–Crippen MR) is 74.4 cm³/mol. The van der Waals surface area contributed by atoms with Crippen LogP contribution in [0.25, 0.3) is 0 Å². The molecule has 0 saturated heterocycles. The van der Waals surface area contributed by atoms with Crippen LogP contribution in [0.3, 0.4) is 0 Å². The normalized spacial score (nSPS) is 10.2. The van der Waals surface area contributed by atoms with E-state index in [9.17, 15) is 10.1 Å². The summed E-state index contributed by atoms with van der Waals surface area (Å²) in [5, 5.41) is 14.1. The number of anilines is 1. The van der Waals surface area contributed by atoms with E-state index in [-0.39, 0.29) is 10.7 Å². The Morgan fingerprint density at radius 1 is 1.37 bits per heavy atom. The molecule has 0 spiro atoms. The first kappa shape index (κ1) is 13.3. The molecule has 0 unspecified atom stereocenters. The summed E-state index contributed by atoms with van der Waals surface area (Å²) in [6.45, 7) is 2.35. The van der Waals surface area contributed by atoms with Crippen LogP contribution in [0.1, 0.15) is 11.3 Å². The van der Waals surface area contributed by atoms with Crippen molar-refractivity contribution in [1.82, 2.24) is 4.98 Å². The molecule has 2 aromatic rings. The van der Waals surface area contributed by atoms with Crippen molar-refractivity contribution in [3.05, 3.63) is 62.9 Å². The van der Waals surface area contributed by atoms with Crippen molar-refractivity contribution in [3.8, 4) is 0 Å². The molecular formula is C13H12ClN3O2. The molecule has 0 saturated carbocycles. The van der Waals surface area contributed by atoms with Gasteiger partial charge in [-0.25, -0.2) is 0 Å². The first-order valence-corrected chi connectivity index (χ1v) is 6.04. The van der Waals surface area contributed by atoms with E-state index < -0.39 is 4.92 Å². The number of halogens is 1. The van der Waals surface area contributed by atoms with Crippen LogP contribution in [0, 0.1) is 17.0 Å². The Bertz CT molecular complexity index is 599. The van der Waals surface area contributed by atoms with E-state index in [0.29, 0.717) is 12.2 Å². The number of para-hydroxylation sites is 1. The Labute approximate surface area is 115 Å². The van der Waals surface area contributed by atoms with Crippen LogP contribution < -0.4 is 5.32 Å². The number of aryl methyl sites for hydroxylation is 1. The minimum atomic E-state index is -0.488. The van der Waals surface area contributed by atoms with Crippen molar-refractivity contribution >= 4 is 23.0 Å². The lowest BCUT2D eigenvalue weighted by molar-refractivity contribution is -0.383. The van der Waals surface area contributed by atoms with Gasteiger partial charge in [0.15, 0.2) is 0 Å². The number of nitro benzene ring substituents is 1. The van der Waals surface area contributed by atoms with Crippen LogP contribution in [-0.4, -0.2) is 9.91 Å². The molecule has 19 heavy (non-hydrogen) atoms. The predicted octanol–water partition coefficient (Wildman–Crippen LogP) is 3.56. The molecule has 5 nitrogen and oxygen atoms in total. The summed E-state index contributed by atoms with van der Waals surface area (Å²) >= 11 is 5.83. The lowest BCUT2D eigenvalue weighted by Crippen LogP contribution is -2.03. The highest BCUT2D eigenvalue weighted by molar-refractivity contribution is 6.33. The summed E-state index contributed by atoms with van der Waals surface area (Å²) in [6.07, 6.45) is 1.73. The maximum Gasteiger partial charge on any atom is 0.310 e. The van der Waals surface area contributed by atoms with Crippen LogP contribution in [0.4, 0.5) is 11.4 Å². The van der Waals surface area contributed by atoms with Crippen molar-refractivity contribution < 1.29 is 4.92 Å². The first-order chi connectivity index (χ1) is 9.08. The fourth-order valence-electron chi connectivity index (χ4n) is 1.64. The number of aromatic nitrogens is 1. The summed E-state index contributed by atoms with van der Waals surface area (Å²) < 4.78 is 0. The van der Waals surface area contributed by atoms with Gasteiger partial charge in [0.05, 0.1) is 4.92 Å². The van der Waals surface area contributed by atoms with E-state index in [0.717, 1.165) is 11.3 Å². The van der Waals surface area contributed by atoms with E-state index in [4.69, 9.17) is 11.6 Å². The highest BCUT2D eigenvalue weighted by Crippen LogP contribution is 2.32. The number of nitro groups is 1. The first-order valence-electron chi connectivity index (χ1n) is 5.66. The van der Waals surface area contributed by atoms with Gasteiger partial charge in [0.25, 0.3) is 0 Å². The summed E-state index contributed by atoms with van der Waals surface area (Å²) in [6, 6.07) is 8.62. The summed E-state index contributed by atoms with van der Waals surface area (Å²) in [5.74, 6) is 0. The molecule has 98 valence electrons. The molecule has 0 fully saturated rings. The highest BCUT2D eigenvalue weighted by atomic mass is 35.5. The zero-order valence-corrected chi connectivity index (χ0v) is 11.0. The summed E-state index contributed by atoms with van der Waals surface area (Å²) in [7, 11) is 0. The number of hydrogen-bond donors (Lipinski definition) is 1. The van der Waals surface area contributed by atoms with E-state index in [1.165, 1.54) is 6.07 Å². The van der Waals surface area contributed by atoms with E-state index in [2.05, 4.69) is 10.3 Å². The summed E-state index contributed by atoms with van der Waals surface area (Å²) in [4.78, 5) is 14.6. The van der Waals surface area contributed by atoms with Gasteiger partial charge in [-0.1, -0.05) is 23.7 Å². The minimum Gasteiger partial charge on any atom is -0.375 e. The second-order valence-electron chi connectivity index (χ2n) is 4.05. The third-order valence-corrected chi connectivity index (χ3v) is 2.93.